The molecule has 0 atom stereocenters. The molecule has 3 rings (SSSR count). The molecule has 0 saturated carbocycles. The first-order valence-corrected chi connectivity index (χ1v) is 8.32. The fourth-order valence-electron chi connectivity index (χ4n) is 2.86. The summed E-state index contributed by atoms with van der Waals surface area (Å²) in [5, 5.41) is 2.82. The van der Waals surface area contributed by atoms with E-state index in [0.717, 1.165) is 0 Å². The zero-order valence-corrected chi connectivity index (χ0v) is 14.4. The molecule has 0 aliphatic carbocycles. The summed E-state index contributed by atoms with van der Waals surface area (Å²) in [5.41, 5.74) is 0.912. The molecule has 1 fully saturated rings. The van der Waals surface area contributed by atoms with Gasteiger partial charge in [0.05, 0.1) is 12.8 Å². The molecule has 26 heavy (non-hydrogen) atoms. The molecule has 1 N–H and O–H groups in total. The number of halogens is 1. The van der Waals surface area contributed by atoms with Gasteiger partial charge >= 0.3 is 6.03 Å². The zero-order chi connectivity index (χ0) is 18.5. The van der Waals surface area contributed by atoms with Crippen LogP contribution in [0.4, 0.5) is 14.9 Å². The lowest BCUT2D eigenvalue weighted by Crippen LogP contribution is -2.51. The van der Waals surface area contributed by atoms with E-state index in [1.807, 2.05) is 12.1 Å². The second-order valence-corrected chi connectivity index (χ2v) is 5.92. The highest BCUT2D eigenvalue weighted by atomic mass is 19.1. The molecule has 7 heteroatoms. The van der Waals surface area contributed by atoms with Gasteiger partial charge in [0.2, 0.25) is 0 Å². The number of piperazine rings is 1. The van der Waals surface area contributed by atoms with E-state index in [4.69, 9.17) is 4.74 Å². The molecule has 1 aliphatic heterocycles. The largest absolute Gasteiger partial charge is 0.495 e. The molecular weight excluding hydrogens is 337 g/mol. The second-order valence-electron chi connectivity index (χ2n) is 5.92. The van der Waals surface area contributed by atoms with Crippen LogP contribution in [0.3, 0.4) is 0 Å². The number of urea groups is 1. The number of carbonyl (C=O) groups excluding carboxylic acids is 2. The molecule has 1 saturated heterocycles. The zero-order valence-electron chi connectivity index (χ0n) is 14.4. The van der Waals surface area contributed by atoms with Gasteiger partial charge in [-0.2, -0.15) is 0 Å². The van der Waals surface area contributed by atoms with Crippen LogP contribution in [0.25, 0.3) is 0 Å². The number of nitrogens with one attached hydrogen (secondary N) is 1. The molecule has 2 aromatic carbocycles. The maximum atomic E-state index is 13.3. The van der Waals surface area contributed by atoms with Crippen molar-refractivity contribution in [3.8, 4) is 5.75 Å². The van der Waals surface area contributed by atoms with E-state index < -0.39 is 5.82 Å². The molecule has 0 radical (unpaired) electrons. The molecule has 0 spiro atoms. The van der Waals surface area contributed by atoms with Crippen LogP contribution in [0.1, 0.15) is 10.4 Å². The van der Waals surface area contributed by atoms with Crippen LogP contribution in [-0.4, -0.2) is 55.0 Å². The Morgan fingerprint density at radius 3 is 2.38 bits per heavy atom. The van der Waals surface area contributed by atoms with Crippen molar-refractivity contribution in [3.05, 3.63) is 59.9 Å². The molecule has 3 amide bonds. The van der Waals surface area contributed by atoms with Crippen molar-refractivity contribution in [1.82, 2.24) is 9.80 Å². The van der Waals surface area contributed by atoms with E-state index in [2.05, 4.69) is 5.32 Å². The Morgan fingerprint density at radius 1 is 1.00 bits per heavy atom. The van der Waals surface area contributed by atoms with Gasteiger partial charge in [0.25, 0.3) is 5.91 Å². The molecule has 2 aromatic rings. The number of anilines is 1. The van der Waals surface area contributed by atoms with Gasteiger partial charge in [-0.1, -0.05) is 18.2 Å². The van der Waals surface area contributed by atoms with Gasteiger partial charge < -0.3 is 19.9 Å². The van der Waals surface area contributed by atoms with Gasteiger partial charge in [0.1, 0.15) is 11.6 Å². The molecule has 1 aliphatic rings. The maximum Gasteiger partial charge on any atom is 0.322 e. The second kappa shape index (κ2) is 7.86. The van der Waals surface area contributed by atoms with Gasteiger partial charge in [0.15, 0.2) is 0 Å². The predicted molar refractivity (Wildman–Crippen MR) is 95.9 cm³/mol. The summed E-state index contributed by atoms with van der Waals surface area (Å²) in [6.45, 7) is 1.60. The average Bonchev–Trinajstić information content (AvgIpc) is 2.68. The van der Waals surface area contributed by atoms with Crippen molar-refractivity contribution >= 4 is 17.6 Å². The lowest BCUT2D eigenvalue weighted by molar-refractivity contribution is 0.0671. The summed E-state index contributed by atoms with van der Waals surface area (Å²) in [5.74, 6) is -0.0827. The third-order valence-corrected chi connectivity index (χ3v) is 4.27. The number of benzene rings is 2. The summed E-state index contributed by atoms with van der Waals surface area (Å²) in [6, 6.07) is 12.6. The first-order valence-electron chi connectivity index (χ1n) is 8.32. The van der Waals surface area contributed by atoms with Gasteiger partial charge in [-0.05, 0) is 30.3 Å². The van der Waals surface area contributed by atoms with E-state index in [1.165, 1.54) is 18.2 Å². The number of nitrogens with zero attached hydrogens (tertiary/aromatic N) is 2. The van der Waals surface area contributed by atoms with E-state index in [1.54, 1.807) is 35.1 Å². The Hall–Kier alpha value is -3.09. The highest BCUT2D eigenvalue weighted by Gasteiger charge is 2.25. The van der Waals surface area contributed by atoms with Crippen LogP contribution < -0.4 is 10.1 Å². The van der Waals surface area contributed by atoms with Crippen molar-refractivity contribution in [3.63, 3.8) is 0 Å². The minimum absolute atomic E-state index is 0.228. The Kier molecular flexibility index (Phi) is 5.36. The van der Waals surface area contributed by atoms with Crippen molar-refractivity contribution in [2.75, 3.05) is 38.6 Å². The van der Waals surface area contributed by atoms with Gasteiger partial charge in [-0.15, -0.1) is 0 Å². The number of amides is 3. The maximum absolute atomic E-state index is 13.3. The molecule has 6 nitrogen and oxygen atoms in total. The third-order valence-electron chi connectivity index (χ3n) is 4.27. The summed E-state index contributed by atoms with van der Waals surface area (Å²) < 4.78 is 18.5. The lowest BCUT2D eigenvalue weighted by Gasteiger charge is -2.34. The first kappa shape index (κ1) is 17.7. The number of ether oxygens (including phenoxy) is 1. The lowest BCUT2D eigenvalue weighted by atomic mass is 10.2. The minimum Gasteiger partial charge on any atom is -0.495 e. The van der Waals surface area contributed by atoms with Crippen molar-refractivity contribution < 1.29 is 18.7 Å². The molecule has 1 heterocycles. The van der Waals surface area contributed by atoms with Crippen LogP contribution in [0, 0.1) is 5.82 Å². The number of carbonyl (C=O) groups is 2. The minimum atomic E-state index is -0.439. The van der Waals surface area contributed by atoms with E-state index in [0.29, 0.717) is 43.2 Å². The van der Waals surface area contributed by atoms with Crippen molar-refractivity contribution in [1.29, 1.82) is 0 Å². The summed E-state index contributed by atoms with van der Waals surface area (Å²) in [7, 11) is 1.54. The van der Waals surface area contributed by atoms with Gasteiger partial charge in [-0.25, -0.2) is 9.18 Å². The van der Waals surface area contributed by atoms with Crippen molar-refractivity contribution in [2.45, 2.75) is 0 Å². The van der Waals surface area contributed by atoms with Crippen molar-refractivity contribution in [2.24, 2.45) is 0 Å². The summed E-state index contributed by atoms with van der Waals surface area (Å²) >= 11 is 0. The summed E-state index contributed by atoms with van der Waals surface area (Å²) in [6.07, 6.45) is 0. The first-order chi connectivity index (χ1) is 12.6. The van der Waals surface area contributed by atoms with Crippen LogP contribution in [0.2, 0.25) is 0 Å². The molecule has 0 bridgehead atoms. The Labute approximate surface area is 151 Å². The van der Waals surface area contributed by atoms with Crippen LogP contribution in [-0.2, 0) is 0 Å². The van der Waals surface area contributed by atoms with E-state index in [9.17, 15) is 14.0 Å². The average molecular weight is 357 g/mol. The van der Waals surface area contributed by atoms with E-state index in [-0.39, 0.29) is 11.9 Å². The molecular formula is C19H20FN3O3. The number of para-hydroxylation sites is 2. The fourth-order valence-corrected chi connectivity index (χ4v) is 2.86. The Balaban J connectivity index is 1.58. The summed E-state index contributed by atoms with van der Waals surface area (Å²) in [4.78, 5) is 28.1. The standard InChI is InChI=1S/C19H20FN3O3/c1-26-17-8-3-2-7-16(17)21-19(25)23-11-9-22(10-12-23)18(24)14-5-4-6-15(20)13-14/h2-8,13H,9-12H2,1H3,(H,21,25). The molecule has 0 unspecified atom stereocenters. The fraction of sp³-hybridized carbons (Fsp3) is 0.263. The van der Waals surface area contributed by atoms with Gasteiger partial charge in [-0.3, -0.25) is 4.79 Å². The smallest absolute Gasteiger partial charge is 0.322 e. The van der Waals surface area contributed by atoms with Crippen LogP contribution in [0.5, 0.6) is 5.75 Å². The van der Waals surface area contributed by atoms with Crippen LogP contribution in [0.15, 0.2) is 48.5 Å². The third kappa shape index (κ3) is 3.93. The number of methoxy groups -OCH3 is 1. The van der Waals surface area contributed by atoms with E-state index >= 15 is 0 Å². The highest BCUT2D eigenvalue weighted by molar-refractivity contribution is 5.95. The Morgan fingerprint density at radius 2 is 1.69 bits per heavy atom. The topological polar surface area (TPSA) is 61.9 Å². The Bertz CT molecular complexity index is 804. The predicted octanol–water partition coefficient (Wildman–Crippen LogP) is 2.82. The quantitative estimate of drug-likeness (QED) is 0.919. The van der Waals surface area contributed by atoms with Gasteiger partial charge in [0, 0.05) is 31.7 Å². The normalized spacial score (nSPS) is 14.1. The number of hydrogen-bond donors (Lipinski definition) is 1. The molecule has 0 aromatic heterocycles. The number of rotatable bonds is 3. The SMILES string of the molecule is COc1ccccc1NC(=O)N1CCN(C(=O)c2cccc(F)c2)CC1. The molecule has 136 valence electrons. The number of hydrogen-bond acceptors (Lipinski definition) is 3. The van der Waals surface area contributed by atoms with Crippen LogP contribution >= 0.6 is 0 Å². The monoisotopic (exact) mass is 357 g/mol. The highest BCUT2D eigenvalue weighted by Crippen LogP contribution is 2.23.